The topological polar surface area (TPSA) is 52.2 Å². The van der Waals surface area contributed by atoms with E-state index in [4.69, 9.17) is 11.6 Å². The van der Waals surface area contributed by atoms with E-state index >= 15 is 0 Å². The Labute approximate surface area is 144 Å². The first kappa shape index (κ1) is 15.4. The first-order valence-electron chi connectivity index (χ1n) is 8.16. The second kappa shape index (κ2) is 6.09. The fraction of sp³-hybridized carbons (Fsp3) is 0.412. The molecule has 24 heavy (non-hydrogen) atoms. The molecular weight excluding hydrogens is 331 g/mol. The number of aromatic nitrogens is 2. The lowest BCUT2D eigenvalue weighted by Gasteiger charge is -2.34. The van der Waals surface area contributed by atoms with Crippen LogP contribution in [0.3, 0.4) is 0 Å². The molecule has 1 aromatic heterocycles. The standard InChI is InChI=1S/C17H18ClFN4O/c18-12-3-4-14(19)13(9-12)17(24)23-7-5-22(6-8-23)16-10-15(20-21-16)11-1-2-11/h3-4,9-11H,1-2,5-8H2,(H,20,21). The van der Waals surface area contributed by atoms with E-state index in [-0.39, 0.29) is 11.5 Å². The summed E-state index contributed by atoms with van der Waals surface area (Å²) in [5.74, 6) is 0.724. The molecule has 126 valence electrons. The Morgan fingerprint density at radius 2 is 1.96 bits per heavy atom. The number of halogens is 2. The van der Waals surface area contributed by atoms with Crippen LogP contribution in [0.2, 0.25) is 5.02 Å². The number of hydrogen-bond acceptors (Lipinski definition) is 3. The number of piperazine rings is 1. The number of nitrogens with one attached hydrogen (secondary N) is 1. The molecule has 7 heteroatoms. The zero-order valence-electron chi connectivity index (χ0n) is 13.1. The van der Waals surface area contributed by atoms with Crippen LogP contribution < -0.4 is 4.90 Å². The molecule has 2 aromatic rings. The molecular formula is C17H18ClFN4O. The minimum absolute atomic E-state index is 0.0340. The van der Waals surface area contributed by atoms with Crippen LogP contribution in [0.5, 0.6) is 0 Å². The summed E-state index contributed by atoms with van der Waals surface area (Å²) in [5.41, 5.74) is 1.23. The predicted octanol–water partition coefficient (Wildman–Crippen LogP) is 3.04. The van der Waals surface area contributed by atoms with Gasteiger partial charge in [0.05, 0.1) is 5.56 Å². The van der Waals surface area contributed by atoms with Gasteiger partial charge in [0.2, 0.25) is 0 Å². The molecule has 2 heterocycles. The Morgan fingerprint density at radius 1 is 1.21 bits per heavy atom. The molecule has 2 fully saturated rings. The van der Waals surface area contributed by atoms with Crippen molar-refractivity contribution in [3.8, 4) is 0 Å². The quantitative estimate of drug-likeness (QED) is 0.927. The van der Waals surface area contributed by atoms with Crippen molar-refractivity contribution in [1.29, 1.82) is 0 Å². The number of rotatable bonds is 3. The predicted molar refractivity (Wildman–Crippen MR) is 90.1 cm³/mol. The van der Waals surface area contributed by atoms with Gasteiger partial charge >= 0.3 is 0 Å². The maximum absolute atomic E-state index is 13.9. The van der Waals surface area contributed by atoms with Crippen molar-refractivity contribution in [2.45, 2.75) is 18.8 Å². The molecule has 0 spiro atoms. The molecule has 5 nitrogen and oxygen atoms in total. The van der Waals surface area contributed by atoms with E-state index in [0.717, 1.165) is 5.82 Å². The highest BCUT2D eigenvalue weighted by Crippen LogP contribution is 2.39. The van der Waals surface area contributed by atoms with Gasteiger partial charge in [0, 0.05) is 48.9 Å². The van der Waals surface area contributed by atoms with Gasteiger partial charge in [-0.25, -0.2) is 4.39 Å². The SMILES string of the molecule is O=C(c1cc(Cl)ccc1F)N1CCN(c2cc(C3CC3)[nH]n2)CC1. The second-order valence-corrected chi connectivity index (χ2v) is 6.80. The fourth-order valence-corrected chi connectivity index (χ4v) is 3.23. The van der Waals surface area contributed by atoms with E-state index in [9.17, 15) is 9.18 Å². The Bertz CT molecular complexity index is 766. The summed E-state index contributed by atoms with van der Waals surface area (Å²) in [6.45, 7) is 2.44. The smallest absolute Gasteiger partial charge is 0.257 e. The molecule has 1 N–H and O–H groups in total. The maximum Gasteiger partial charge on any atom is 0.257 e. The van der Waals surface area contributed by atoms with Crippen molar-refractivity contribution in [3.05, 3.63) is 46.4 Å². The first-order valence-corrected chi connectivity index (χ1v) is 8.54. The molecule has 1 aliphatic carbocycles. The first-order chi connectivity index (χ1) is 11.6. The van der Waals surface area contributed by atoms with Crippen LogP contribution >= 0.6 is 11.6 Å². The van der Waals surface area contributed by atoms with Gasteiger partial charge in [0.25, 0.3) is 5.91 Å². The van der Waals surface area contributed by atoms with Crippen molar-refractivity contribution in [2.75, 3.05) is 31.1 Å². The van der Waals surface area contributed by atoms with E-state index in [1.165, 1.54) is 36.7 Å². The van der Waals surface area contributed by atoms with Crippen LogP contribution in [0, 0.1) is 5.82 Å². The zero-order valence-corrected chi connectivity index (χ0v) is 13.9. The summed E-state index contributed by atoms with van der Waals surface area (Å²) in [5, 5.41) is 7.84. The third kappa shape index (κ3) is 2.98. The number of H-pyrrole nitrogens is 1. The van der Waals surface area contributed by atoms with Crippen LogP contribution in [0.4, 0.5) is 10.2 Å². The average Bonchev–Trinajstić information content (AvgIpc) is 3.34. The summed E-state index contributed by atoms with van der Waals surface area (Å²) >= 11 is 5.88. The lowest BCUT2D eigenvalue weighted by Crippen LogP contribution is -2.49. The Morgan fingerprint density at radius 3 is 2.67 bits per heavy atom. The van der Waals surface area contributed by atoms with Gasteiger partial charge < -0.3 is 9.80 Å². The Hall–Kier alpha value is -2.08. The highest BCUT2D eigenvalue weighted by Gasteiger charge is 2.28. The lowest BCUT2D eigenvalue weighted by molar-refractivity contribution is 0.0742. The highest BCUT2D eigenvalue weighted by atomic mass is 35.5. The number of hydrogen-bond donors (Lipinski definition) is 1. The van der Waals surface area contributed by atoms with E-state index < -0.39 is 5.82 Å². The zero-order chi connectivity index (χ0) is 16.7. The van der Waals surface area contributed by atoms with E-state index in [2.05, 4.69) is 21.2 Å². The molecule has 1 amide bonds. The molecule has 1 aliphatic heterocycles. The fourth-order valence-electron chi connectivity index (χ4n) is 3.06. The molecule has 4 rings (SSSR count). The number of anilines is 1. The second-order valence-electron chi connectivity index (χ2n) is 6.36. The lowest BCUT2D eigenvalue weighted by atomic mass is 10.1. The van der Waals surface area contributed by atoms with Crippen molar-refractivity contribution in [2.24, 2.45) is 0 Å². The average molecular weight is 349 g/mol. The van der Waals surface area contributed by atoms with Gasteiger partial charge in [-0.2, -0.15) is 5.10 Å². The van der Waals surface area contributed by atoms with Crippen molar-refractivity contribution >= 4 is 23.3 Å². The third-order valence-electron chi connectivity index (χ3n) is 4.65. The number of carbonyl (C=O) groups is 1. The van der Waals surface area contributed by atoms with Crippen LogP contribution in [0.1, 0.15) is 34.8 Å². The molecule has 0 atom stereocenters. The maximum atomic E-state index is 13.9. The van der Waals surface area contributed by atoms with E-state index in [0.29, 0.717) is 37.1 Å². The summed E-state index contributed by atoms with van der Waals surface area (Å²) < 4.78 is 13.9. The van der Waals surface area contributed by atoms with Gasteiger partial charge in [-0.1, -0.05) is 11.6 Å². The molecule has 1 saturated heterocycles. The number of benzene rings is 1. The number of aromatic amines is 1. The molecule has 1 aromatic carbocycles. The molecule has 0 bridgehead atoms. The third-order valence-corrected chi connectivity index (χ3v) is 4.89. The van der Waals surface area contributed by atoms with Crippen LogP contribution in [0.15, 0.2) is 24.3 Å². The molecule has 2 aliphatic rings. The van der Waals surface area contributed by atoms with Crippen LogP contribution in [-0.2, 0) is 0 Å². The van der Waals surface area contributed by atoms with Gasteiger partial charge in [-0.3, -0.25) is 9.89 Å². The Kier molecular flexibility index (Phi) is 3.92. The van der Waals surface area contributed by atoms with Crippen LogP contribution in [-0.4, -0.2) is 47.2 Å². The van der Waals surface area contributed by atoms with Crippen LogP contribution in [0.25, 0.3) is 0 Å². The summed E-state index contributed by atoms with van der Waals surface area (Å²) in [6.07, 6.45) is 2.46. The molecule has 1 saturated carbocycles. The number of carbonyl (C=O) groups excluding carboxylic acids is 1. The minimum Gasteiger partial charge on any atom is -0.352 e. The molecule has 0 radical (unpaired) electrons. The van der Waals surface area contributed by atoms with Gasteiger partial charge in [0.15, 0.2) is 5.82 Å². The van der Waals surface area contributed by atoms with E-state index in [1.54, 1.807) is 4.90 Å². The van der Waals surface area contributed by atoms with E-state index in [1.807, 2.05) is 0 Å². The van der Waals surface area contributed by atoms with Crippen molar-refractivity contribution in [3.63, 3.8) is 0 Å². The molecule has 0 unspecified atom stereocenters. The number of amides is 1. The van der Waals surface area contributed by atoms with Gasteiger partial charge in [0.1, 0.15) is 5.82 Å². The summed E-state index contributed by atoms with van der Waals surface area (Å²) in [6, 6.07) is 6.17. The van der Waals surface area contributed by atoms with Crippen molar-refractivity contribution < 1.29 is 9.18 Å². The number of nitrogens with zero attached hydrogens (tertiary/aromatic N) is 3. The largest absolute Gasteiger partial charge is 0.352 e. The van der Waals surface area contributed by atoms with Crippen molar-refractivity contribution in [1.82, 2.24) is 15.1 Å². The van der Waals surface area contributed by atoms with Gasteiger partial charge in [-0.05, 0) is 31.0 Å². The summed E-state index contributed by atoms with van der Waals surface area (Å²) in [4.78, 5) is 16.3. The Balaban J connectivity index is 1.41. The highest BCUT2D eigenvalue weighted by molar-refractivity contribution is 6.31. The monoisotopic (exact) mass is 348 g/mol. The normalized spacial score (nSPS) is 18.1. The summed E-state index contributed by atoms with van der Waals surface area (Å²) in [7, 11) is 0. The minimum atomic E-state index is -0.534. The van der Waals surface area contributed by atoms with Gasteiger partial charge in [-0.15, -0.1) is 0 Å².